The summed E-state index contributed by atoms with van der Waals surface area (Å²) in [6.45, 7) is 2.96. The molecular formula is C34H24N4O8S2-2. The van der Waals surface area contributed by atoms with Crippen LogP contribution in [0.4, 0.5) is 22.7 Å². The summed E-state index contributed by atoms with van der Waals surface area (Å²) in [5.74, 6) is -0.430. The van der Waals surface area contributed by atoms with Crippen molar-refractivity contribution in [1.29, 1.82) is 0 Å². The van der Waals surface area contributed by atoms with Crippen molar-refractivity contribution in [2.45, 2.75) is 23.6 Å². The van der Waals surface area contributed by atoms with Gasteiger partial charge in [0.25, 0.3) is 0 Å². The summed E-state index contributed by atoms with van der Waals surface area (Å²) < 4.78 is 74.8. The van der Waals surface area contributed by atoms with Crippen LogP contribution in [0.5, 0.6) is 11.5 Å². The van der Waals surface area contributed by atoms with Gasteiger partial charge in [-0.05, 0) is 83.3 Å². The Balaban J connectivity index is 1.47. The molecule has 0 saturated carbocycles. The van der Waals surface area contributed by atoms with Gasteiger partial charge in [-0.25, -0.2) is 16.8 Å². The van der Waals surface area contributed by atoms with E-state index in [0.717, 1.165) is 22.9 Å². The Morgan fingerprint density at radius 3 is 1.23 bits per heavy atom. The Bertz CT molecular complexity index is 2390. The summed E-state index contributed by atoms with van der Waals surface area (Å²) in [5, 5.41) is 39.7. The zero-order valence-corrected chi connectivity index (χ0v) is 26.8. The van der Waals surface area contributed by atoms with Gasteiger partial charge in [-0.15, -0.1) is 20.5 Å². The van der Waals surface area contributed by atoms with Crippen LogP contribution in [0.3, 0.4) is 0 Å². The number of aromatic hydroxyl groups is 2. The van der Waals surface area contributed by atoms with Crippen LogP contribution in [0.15, 0.2) is 127 Å². The first kappa shape index (κ1) is 32.4. The molecule has 6 aromatic carbocycles. The molecule has 0 aliphatic heterocycles. The van der Waals surface area contributed by atoms with E-state index in [9.17, 15) is 36.2 Å². The lowest BCUT2D eigenvalue weighted by atomic mass is 10.00. The fourth-order valence-electron chi connectivity index (χ4n) is 5.36. The van der Waals surface area contributed by atoms with Crippen LogP contribution >= 0.6 is 0 Å². The molecule has 6 rings (SSSR count). The Kier molecular flexibility index (Phi) is 8.26. The van der Waals surface area contributed by atoms with Gasteiger partial charge in [-0.1, -0.05) is 60.7 Å². The Labute approximate surface area is 274 Å². The number of aryl methyl sites for hydroxylation is 2. The zero-order valence-electron chi connectivity index (χ0n) is 25.2. The highest BCUT2D eigenvalue weighted by Gasteiger charge is 2.19. The van der Waals surface area contributed by atoms with Gasteiger partial charge in [0.2, 0.25) is 0 Å². The molecule has 0 heterocycles. The molecule has 0 saturated heterocycles. The third kappa shape index (κ3) is 6.24. The molecule has 0 aliphatic carbocycles. The van der Waals surface area contributed by atoms with Crippen molar-refractivity contribution in [3.8, 4) is 22.6 Å². The standard InChI is InChI=1S/C34H26N4O8S2/c1-19-15-23(17-29(47(41,42)43)31(19)35-37-33-25-9-5-3-7-21(25)11-13-27(33)39)24-16-20(2)32(30(18-24)48(44,45)46)36-38-34-26-10-6-4-8-22(26)12-14-28(34)40/h3-18,39-40H,1-2H3,(H,41,42,43)(H,44,45,46)/p-2. The first-order chi connectivity index (χ1) is 22.7. The third-order valence-electron chi connectivity index (χ3n) is 7.66. The monoisotopic (exact) mass is 680 g/mol. The van der Waals surface area contributed by atoms with Crippen LogP contribution in [-0.4, -0.2) is 36.2 Å². The molecule has 0 unspecified atom stereocenters. The Morgan fingerprint density at radius 2 is 0.854 bits per heavy atom. The summed E-state index contributed by atoms with van der Waals surface area (Å²) in [6, 6.07) is 25.1. The summed E-state index contributed by atoms with van der Waals surface area (Å²) in [5.41, 5.74) is 0.120. The smallest absolute Gasteiger partial charge is 0.143 e. The van der Waals surface area contributed by atoms with Crippen LogP contribution in [0.1, 0.15) is 11.1 Å². The molecule has 0 radical (unpaired) electrons. The fraction of sp³-hybridized carbons (Fsp3) is 0.0588. The molecule has 6 aromatic rings. The van der Waals surface area contributed by atoms with Gasteiger partial charge < -0.3 is 19.3 Å². The summed E-state index contributed by atoms with van der Waals surface area (Å²) in [7, 11) is -10.3. The first-order valence-corrected chi connectivity index (χ1v) is 17.0. The number of hydrogen-bond donors (Lipinski definition) is 2. The van der Waals surface area contributed by atoms with E-state index in [1.807, 2.05) is 0 Å². The van der Waals surface area contributed by atoms with Crippen LogP contribution < -0.4 is 0 Å². The zero-order chi connectivity index (χ0) is 34.4. The molecule has 12 nitrogen and oxygen atoms in total. The molecule has 48 heavy (non-hydrogen) atoms. The lowest BCUT2D eigenvalue weighted by molar-refractivity contribution is 0.461. The van der Waals surface area contributed by atoms with E-state index in [4.69, 9.17) is 0 Å². The molecule has 0 aromatic heterocycles. The predicted molar refractivity (Wildman–Crippen MR) is 177 cm³/mol. The first-order valence-electron chi connectivity index (χ1n) is 14.2. The SMILES string of the molecule is Cc1cc(-c2cc(C)c(N=Nc3c(O)ccc4ccccc34)c(S(=O)(=O)[O-])c2)cc(S(=O)(=O)[O-])c1N=Nc1c(O)ccc2ccccc12. The van der Waals surface area contributed by atoms with Crippen molar-refractivity contribution in [3.05, 3.63) is 108 Å². The number of azo groups is 2. The number of rotatable bonds is 7. The normalized spacial score (nSPS) is 12.5. The number of phenols is 2. The third-order valence-corrected chi connectivity index (χ3v) is 9.36. The molecular weight excluding hydrogens is 657 g/mol. The fourth-order valence-corrected chi connectivity index (χ4v) is 6.78. The van der Waals surface area contributed by atoms with Crippen molar-refractivity contribution in [2.24, 2.45) is 20.5 Å². The lowest BCUT2D eigenvalue weighted by Crippen LogP contribution is -2.03. The van der Waals surface area contributed by atoms with Crippen LogP contribution in [0.25, 0.3) is 32.7 Å². The highest BCUT2D eigenvalue weighted by molar-refractivity contribution is 7.86. The second-order valence-electron chi connectivity index (χ2n) is 10.9. The Morgan fingerprint density at radius 1 is 0.500 bits per heavy atom. The molecule has 0 fully saturated rings. The van der Waals surface area contributed by atoms with E-state index in [2.05, 4.69) is 20.5 Å². The molecule has 14 heteroatoms. The number of benzene rings is 6. The van der Waals surface area contributed by atoms with Crippen molar-refractivity contribution in [1.82, 2.24) is 0 Å². The molecule has 0 amide bonds. The largest absolute Gasteiger partial charge is 0.744 e. The molecule has 0 bridgehead atoms. The van der Waals surface area contributed by atoms with Gasteiger partial charge in [0.05, 0.1) is 9.79 Å². The van der Waals surface area contributed by atoms with Crippen LogP contribution in [0.2, 0.25) is 0 Å². The van der Waals surface area contributed by atoms with Crippen LogP contribution in [0, 0.1) is 13.8 Å². The predicted octanol–water partition coefficient (Wildman–Crippen LogP) is 8.33. The molecule has 0 atom stereocenters. The maximum absolute atomic E-state index is 12.5. The van der Waals surface area contributed by atoms with Gasteiger partial charge in [0.15, 0.2) is 0 Å². The van der Waals surface area contributed by atoms with Crippen molar-refractivity contribution in [2.75, 3.05) is 0 Å². The molecule has 0 spiro atoms. The van der Waals surface area contributed by atoms with E-state index < -0.39 is 30.0 Å². The van der Waals surface area contributed by atoms with E-state index in [1.54, 1.807) is 60.7 Å². The molecule has 2 N–H and O–H groups in total. The van der Waals surface area contributed by atoms with Crippen LogP contribution in [-0.2, 0) is 20.2 Å². The Hall–Kier alpha value is -5.54. The van der Waals surface area contributed by atoms with Crippen molar-refractivity contribution >= 4 is 64.5 Å². The minimum Gasteiger partial charge on any atom is -0.744 e. The van der Waals surface area contributed by atoms with Gasteiger partial charge in [0, 0.05) is 10.8 Å². The summed E-state index contributed by atoms with van der Waals surface area (Å²) in [6.07, 6.45) is 0. The van der Waals surface area contributed by atoms with E-state index in [1.165, 1.54) is 38.1 Å². The average Bonchev–Trinajstić information content (AvgIpc) is 3.03. The minimum absolute atomic E-state index is 0.0633. The quantitative estimate of drug-likeness (QED) is 0.123. The van der Waals surface area contributed by atoms with Gasteiger partial charge in [0.1, 0.15) is 54.5 Å². The molecule has 242 valence electrons. The maximum atomic E-state index is 12.5. The van der Waals surface area contributed by atoms with Crippen molar-refractivity contribution in [3.63, 3.8) is 0 Å². The second-order valence-corrected chi connectivity index (χ2v) is 13.6. The topological polar surface area (TPSA) is 204 Å². The van der Waals surface area contributed by atoms with Gasteiger partial charge in [-0.3, -0.25) is 0 Å². The van der Waals surface area contributed by atoms with Crippen molar-refractivity contribution < 1.29 is 36.2 Å². The van der Waals surface area contributed by atoms with E-state index >= 15 is 0 Å². The number of hydrogen-bond acceptors (Lipinski definition) is 12. The van der Waals surface area contributed by atoms with E-state index in [-0.39, 0.29) is 56.5 Å². The maximum Gasteiger partial charge on any atom is 0.143 e. The highest BCUT2D eigenvalue weighted by atomic mass is 32.2. The van der Waals surface area contributed by atoms with Gasteiger partial charge >= 0.3 is 0 Å². The average molecular weight is 681 g/mol. The van der Waals surface area contributed by atoms with Gasteiger partial charge in [-0.2, -0.15) is 0 Å². The number of nitrogens with zero attached hydrogens (tertiary/aromatic N) is 4. The summed E-state index contributed by atoms with van der Waals surface area (Å²) in [4.78, 5) is -1.50. The minimum atomic E-state index is -5.17. The molecule has 0 aliphatic rings. The lowest BCUT2D eigenvalue weighted by Gasteiger charge is -2.17. The second kappa shape index (κ2) is 12.2. The number of fused-ring (bicyclic) bond motifs is 2. The summed E-state index contributed by atoms with van der Waals surface area (Å²) >= 11 is 0. The van der Waals surface area contributed by atoms with E-state index in [0.29, 0.717) is 10.8 Å². The number of phenolic OH excluding ortho intramolecular Hbond substituents is 2. The highest BCUT2D eigenvalue weighted by Crippen LogP contribution is 2.42.